The molecule has 0 saturated heterocycles. The highest BCUT2D eigenvalue weighted by Gasteiger charge is 2.53. The molecule has 318 valence electrons. The van der Waals surface area contributed by atoms with Gasteiger partial charge in [0.2, 0.25) is 0 Å². The molecule has 13 rings (SSSR count). The maximum absolute atomic E-state index is 2.59. The summed E-state index contributed by atoms with van der Waals surface area (Å²) in [5.74, 6) is 0. The summed E-state index contributed by atoms with van der Waals surface area (Å²) in [7, 11) is 0. The molecular weight excluding hydrogens is 795 g/mol. The van der Waals surface area contributed by atoms with E-state index >= 15 is 0 Å². The fourth-order valence-corrected chi connectivity index (χ4v) is 12.5. The minimum Gasteiger partial charge on any atom is -0.310 e. The Kier molecular flexibility index (Phi) is 7.97. The van der Waals surface area contributed by atoms with Gasteiger partial charge in [0.25, 0.3) is 0 Å². The van der Waals surface area contributed by atoms with Crippen LogP contribution in [0, 0.1) is 0 Å². The van der Waals surface area contributed by atoms with Crippen molar-refractivity contribution in [2.24, 2.45) is 0 Å². The molecule has 1 atom stereocenters. The molecule has 1 nitrogen and oxygen atoms in total. The van der Waals surface area contributed by atoms with E-state index in [1.165, 1.54) is 106 Å². The summed E-state index contributed by atoms with van der Waals surface area (Å²) in [4.78, 5) is 2.50. The highest BCUT2D eigenvalue weighted by Crippen LogP contribution is 2.64. The normalized spacial score (nSPS) is 17.0. The number of benzene rings is 9. The fourth-order valence-electron chi connectivity index (χ4n) is 12.5. The lowest BCUT2D eigenvalue weighted by Crippen LogP contribution is -2.28. The number of fused-ring (bicyclic) bond motifs is 11. The van der Waals surface area contributed by atoms with E-state index in [0.29, 0.717) is 0 Å². The number of hydrogen-bond acceptors (Lipinski definition) is 1. The Morgan fingerprint density at radius 3 is 1.56 bits per heavy atom. The van der Waals surface area contributed by atoms with Crippen molar-refractivity contribution < 1.29 is 0 Å². The standard InChI is InChI=1S/C65H53N/c1-62(2,3)43-25-30-53-54-31-26-44-37-61(54)65(60(53)36-43)56-23-14-12-21-50(56)52-29-24-42(35-59(52)65)48-32-27-46(38-57(48)63(44,4)5)66(45-19-15-18-41(34-45)40-16-9-8-10-17-40)47-28-33-51-49-20-11-13-22-55(49)64(6,7)58(51)39-47/h8-39H,1-7H3. The Morgan fingerprint density at radius 1 is 0.318 bits per heavy atom. The molecule has 1 heteroatoms. The summed E-state index contributed by atoms with van der Waals surface area (Å²) in [6.07, 6.45) is 0. The van der Waals surface area contributed by atoms with Crippen LogP contribution in [0.2, 0.25) is 0 Å². The predicted molar refractivity (Wildman–Crippen MR) is 277 cm³/mol. The van der Waals surface area contributed by atoms with Gasteiger partial charge in [0.1, 0.15) is 0 Å². The molecule has 4 bridgehead atoms. The summed E-state index contributed by atoms with van der Waals surface area (Å²) in [5, 5.41) is 0. The zero-order chi connectivity index (χ0) is 44.9. The molecule has 0 aliphatic heterocycles. The molecule has 0 fully saturated rings. The molecule has 1 unspecified atom stereocenters. The predicted octanol–water partition coefficient (Wildman–Crippen LogP) is 17.1. The van der Waals surface area contributed by atoms with Crippen LogP contribution in [-0.4, -0.2) is 0 Å². The van der Waals surface area contributed by atoms with Crippen LogP contribution in [0.4, 0.5) is 17.1 Å². The van der Waals surface area contributed by atoms with E-state index < -0.39 is 5.41 Å². The van der Waals surface area contributed by atoms with Crippen molar-refractivity contribution in [3.63, 3.8) is 0 Å². The second kappa shape index (κ2) is 13.4. The number of anilines is 3. The topological polar surface area (TPSA) is 3.24 Å². The van der Waals surface area contributed by atoms with Crippen molar-refractivity contribution in [2.75, 3.05) is 4.90 Å². The summed E-state index contributed by atoms with van der Waals surface area (Å²) < 4.78 is 0. The van der Waals surface area contributed by atoms with Crippen LogP contribution in [0.3, 0.4) is 0 Å². The highest BCUT2D eigenvalue weighted by molar-refractivity contribution is 5.97. The van der Waals surface area contributed by atoms with Gasteiger partial charge in [-0.15, -0.1) is 0 Å². The van der Waals surface area contributed by atoms with Crippen molar-refractivity contribution in [1.29, 1.82) is 0 Å². The fraction of sp³-hybridized carbons (Fsp3) is 0.169. The first kappa shape index (κ1) is 39.2. The molecule has 1 spiro atoms. The average molecular weight is 848 g/mol. The van der Waals surface area contributed by atoms with Crippen LogP contribution in [0.15, 0.2) is 194 Å². The van der Waals surface area contributed by atoms with E-state index in [-0.39, 0.29) is 16.2 Å². The van der Waals surface area contributed by atoms with Crippen molar-refractivity contribution in [2.45, 2.75) is 70.1 Å². The summed E-state index contributed by atoms with van der Waals surface area (Å²) >= 11 is 0. The average Bonchev–Trinajstić information content (AvgIpc) is 3.89. The maximum atomic E-state index is 2.59. The Bertz CT molecular complexity index is 3520. The Morgan fingerprint density at radius 2 is 0.833 bits per heavy atom. The first-order valence-electron chi connectivity index (χ1n) is 23.7. The lowest BCUT2D eigenvalue weighted by atomic mass is 9.66. The van der Waals surface area contributed by atoms with Crippen molar-refractivity contribution in [3.05, 3.63) is 244 Å². The zero-order valence-electron chi connectivity index (χ0n) is 38.9. The van der Waals surface area contributed by atoms with Crippen molar-refractivity contribution >= 4 is 17.1 Å². The molecule has 9 aromatic rings. The molecule has 0 heterocycles. The van der Waals surface area contributed by atoms with Gasteiger partial charge in [-0.25, -0.2) is 0 Å². The second-order valence-corrected chi connectivity index (χ2v) is 21.3. The van der Waals surface area contributed by atoms with E-state index in [1.54, 1.807) is 0 Å². The zero-order valence-corrected chi connectivity index (χ0v) is 38.9. The Hall–Kier alpha value is -7.22. The Labute approximate surface area is 390 Å². The van der Waals surface area contributed by atoms with Crippen LogP contribution in [0.1, 0.15) is 98.5 Å². The monoisotopic (exact) mass is 847 g/mol. The van der Waals surface area contributed by atoms with Crippen LogP contribution in [0.25, 0.3) is 55.6 Å². The lowest BCUT2D eigenvalue weighted by Gasteiger charge is -2.36. The van der Waals surface area contributed by atoms with Crippen LogP contribution < -0.4 is 4.90 Å². The molecular formula is C65H53N. The largest absolute Gasteiger partial charge is 0.310 e. The first-order chi connectivity index (χ1) is 31.8. The van der Waals surface area contributed by atoms with Crippen LogP contribution in [-0.2, 0) is 21.7 Å². The smallest absolute Gasteiger partial charge is 0.0725 e. The molecule has 0 saturated carbocycles. The van der Waals surface area contributed by atoms with E-state index in [0.717, 1.165) is 17.1 Å². The van der Waals surface area contributed by atoms with E-state index in [9.17, 15) is 0 Å². The highest BCUT2D eigenvalue weighted by atomic mass is 15.1. The lowest BCUT2D eigenvalue weighted by molar-refractivity contribution is 0.588. The van der Waals surface area contributed by atoms with Gasteiger partial charge in [-0.3, -0.25) is 0 Å². The van der Waals surface area contributed by atoms with Gasteiger partial charge < -0.3 is 4.90 Å². The van der Waals surface area contributed by atoms with E-state index in [4.69, 9.17) is 0 Å². The van der Waals surface area contributed by atoms with Crippen LogP contribution in [0.5, 0.6) is 0 Å². The van der Waals surface area contributed by atoms with Crippen LogP contribution >= 0.6 is 0 Å². The van der Waals surface area contributed by atoms with Gasteiger partial charge in [-0.2, -0.15) is 0 Å². The minimum absolute atomic E-state index is 0.0147. The number of nitrogens with zero attached hydrogens (tertiary/aromatic N) is 1. The van der Waals surface area contributed by atoms with E-state index in [2.05, 4.69) is 247 Å². The molecule has 66 heavy (non-hydrogen) atoms. The molecule has 4 aliphatic carbocycles. The molecule has 4 aliphatic rings. The van der Waals surface area contributed by atoms with Gasteiger partial charge in [-0.1, -0.05) is 200 Å². The van der Waals surface area contributed by atoms with Gasteiger partial charge >= 0.3 is 0 Å². The second-order valence-electron chi connectivity index (χ2n) is 21.3. The molecule has 0 N–H and O–H groups in total. The van der Waals surface area contributed by atoms with E-state index in [1.807, 2.05) is 0 Å². The third kappa shape index (κ3) is 5.23. The molecule has 0 radical (unpaired) electrons. The molecule has 9 aromatic carbocycles. The third-order valence-electron chi connectivity index (χ3n) is 16.1. The SMILES string of the molecule is CC(C)(C)c1ccc2c(c1)C13c4ccccc4-c4ccc(cc41)-c1ccc(N(c4cccc(-c5ccccc5)c4)c4ccc5c(c4)C(C)(C)c4ccccc4-5)cc1C(C)(C)c1ccc-2c3c1. The van der Waals surface area contributed by atoms with Gasteiger partial charge in [-0.05, 0) is 154 Å². The van der Waals surface area contributed by atoms with Crippen molar-refractivity contribution in [1.82, 2.24) is 0 Å². The summed E-state index contributed by atoms with van der Waals surface area (Å²) in [5.41, 5.74) is 27.9. The third-order valence-corrected chi connectivity index (χ3v) is 16.1. The molecule has 0 aromatic heterocycles. The number of hydrogen-bond donors (Lipinski definition) is 0. The summed E-state index contributed by atoms with van der Waals surface area (Å²) in [6, 6.07) is 74.6. The summed E-state index contributed by atoms with van der Waals surface area (Å²) in [6.45, 7) is 16.7. The minimum atomic E-state index is -0.418. The van der Waals surface area contributed by atoms with Gasteiger partial charge in [0.05, 0.1) is 5.41 Å². The van der Waals surface area contributed by atoms with Gasteiger partial charge in [0, 0.05) is 27.9 Å². The van der Waals surface area contributed by atoms with Gasteiger partial charge in [0.15, 0.2) is 0 Å². The Balaban J connectivity index is 1.06. The van der Waals surface area contributed by atoms with Crippen molar-refractivity contribution in [3.8, 4) is 55.6 Å². The quantitative estimate of drug-likeness (QED) is 0.171. The molecule has 0 amide bonds. The first-order valence-corrected chi connectivity index (χ1v) is 23.7. The maximum Gasteiger partial charge on any atom is 0.0725 e. The number of rotatable bonds is 4.